The summed E-state index contributed by atoms with van der Waals surface area (Å²) in [5, 5.41) is 5.90. The second kappa shape index (κ2) is 4.01. The van der Waals surface area contributed by atoms with Crippen LogP contribution in [0.4, 0.5) is 0 Å². The second-order valence-corrected chi connectivity index (χ2v) is 3.94. The van der Waals surface area contributed by atoms with Gasteiger partial charge in [-0.2, -0.15) is 0 Å². The standard InChI is InChI=1S/C8H11ClN2S/c1-3-8(2,6-9)4-7-5-12-11-10-7/h3,5H,1,4,6H2,2H3. The SMILES string of the molecule is C=CC(C)(CCl)Cc1csnn1. The topological polar surface area (TPSA) is 25.8 Å². The van der Waals surface area contributed by atoms with Crippen LogP contribution in [0.25, 0.3) is 0 Å². The lowest BCUT2D eigenvalue weighted by Gasteiger charge is -2.20. The van der Waals surface area contributed by atoms with Crippen molar-refractivity contribution < 1.29 is 0 Å². The summed E-state index contributed by atoms with van der Waals surface area (Å²) in [5.41, 5.74) is 0.931. The van der Waals surface area contributed by atoms with E-state index in [0.717, 1.165) is 12.1 Å². The number of nitrogens with zero attached hydrogens (tertiary/aromatic N) is 2. The number of allylic oxidation sites excluding steroid dienone is 1. The van der Waals surface area contributed by atoms with Gasteiger partial charge >= 0.3 is 0 Å². The molecule has 1 rings (SSSR count). The van der Waals surface area contributed by atoms with Crippen LogP contribution in [0.2, 0.25) is 0 Å². The van der Waals surface area contributed by atoms with Crippen molar-refractivity contribution in [2.24, 2.45) is 5.41 Å². The van der Waals surface area contributed by atoms with Crippen molar-refractivity contribution >= 4 is 23.1 Å². The van der Waals surface area contributed by atoms with Gasteiger partial charge < -0.3 is 0 Å². The Morgan fingerprint density at radius 1 is 1.83 bits per heavy atom. The molecule has 0 saturated carbocycles. The first-order chi connectivity index (χ1) is 5.70. The Kier molecular flexibility index (Phi) is 3.23. The minimum Gasteiger partial charge on any atom is -0.143 e. The summed E-state index contributed by atoms with van der Waals surface area (Å²) in [6.07, 6.45) is 2.69. The molecule has 0 aliphatic heterocycles. The minimum absolute atomic E-state index is 0.0582. The number of rotatable bonds is 4. The lowest BCUT2D eigenvalue weighted by Crippen LogP contribution is -2.18. The highest BCUT2D eigenvalue weighted by molar-refractivity contribution is 7.03. The van der Waals surface area contributed by atoms with Crippen molar-refractivity contribution in [1.82, 2.24) is 9.59 Å². The molecule has 0 aromatic carbocycles. The number of alkyl halides is 1. The molecule has 1 aromatic rings. The van der Waals surface area contributed by atoms with Crippen molar-refractivity contribution in [3.8, 4) is 0 Å². The van der Waals surface area contributed by atoms with Crippen LogP contribution in [0.15, 0.2) is 18.0 Å². The van der Waals surface area contributed by atoms with E-state index in [9.17, 15) is 0 Å². The molecule has 1 heterocycles. The average Bonchev–Trinajstić information content (AvgIpc) is 2.57. The molecule has 1 atom stereocenters. The molecule has 0 spiro atoms. The van der Waals surface area contributed by atoms with Crippen LogP contribution in [-0.4, -0.2) is 15.5 Å². The predicted octanol–water partition coefficient (Wildman–Crippen LogP) is 2.51. The molecular formula is C8H11ClN2S. The van der Waals surface area contributed by atoms with Gasteiger partial charge in [-0.3, -0.25) is 0 Å². The summed E-state index contributed by atoms with van der Waals surface area (Å²) in [6.45, 7) is 5.82. The molecule has 0 aliphatic rings. The maximum atomic E-state index is 5.81. The van der Waals surface area contributed by atoms with Crippen LogP contribution in [0.5, 0.6) is 0 Å². The molecule has 0 N–H and O–H groups in total. The molecule has 66 valence electrons. The van der Waals surface area contributed by atoms with Crippen molar-refractivity contribution in [3.05, 3.63) is 23.7 Å². The minimum atomic E-state index is -0.0582. The smallest absolute Gasteiger partial charge is 0.0764 e. The van der Waals surface area contributed by atoms with Gasteiger partial charge in [-0.15, -0.1) is 23.3 Å². The molecule has 0 radical (unpaired) electrons. The van der Waals surface area contributed by atoms with Crippen LogP contribution >= 0.6 is 23.1 Å². The molecule has 0 fully saturated rings. The van der Waals surface area contributed by atoms with Gasteiger partial charge in [-0.1, -0.05) is 17.5 Å². The van der Waals surface area contributed by atoms with Gasteiger partial charge in [0.1, 0.15) is 0 Å². The predicted molar refractivity (Wildman–Crippen MR) is 52.6 cm³/mol. The Labute approximate surface area is 81.4 Å². The fourth-order valence-electron chi connectivity index (χ4n) is 0.849. The normalized spacial score (nSPS) is 15.5. The van der Waals surface area contributed by atoms with Crippen LogP contribution in [-0.2, 0) is 6.42 Å². The van der Waals surface area contributed by atoms with E-state index in [0.29, 0.717) is 5.88 Å². The first-order valence-electron chi connectivity index (χ1n) is 3.66. The highest BCUT2D eigenvalue weighted by Crippen LogP contribution is 2.24. The molecule has 0 aliphatic carbocycles. The van der Waals surface area contributed by atoms with E-state index in [1.165, 1.54) is 11.5 Å². The summed E-state index contributed by atoms with van der Waals surface area (Å²) in [4.78, 5) is 0. The fourth-order valence-corrected chi connectivity index (χ4v) is 1.50. The van der Waals surface area contributed by atoms with Crippen molar-refractivity contribution in [1.29, 1.82) is 0 Å². The Morgan fingerprint density at radius 2 is 2.58 bits per heavy atom. The van der Waals surface area contributed by atoms with Crippen LogP contribution in [0.1, 0.15) is 12.6 Å². The fraction of sp³-hybridized carbons (Fsp3) is 0.500. The number of halogens is 1. The zero-order valence-corrected chi connectivity index (χ0v) is 8.53. The van der Waals surface area contributed by atoms with Crippen LogP contribution in [0.3, 0.4) is 0 Å². The summed E-state index contributed by atoms with van der Waals surface area (Å²) >= 11 is 7.17. The molecule has 0 saturated heterocycles. The highest BCUT2D eigenvalue weighted by atomic mass is 35.5. The monoisotopic (exact) mass is 202 g/mol. The lowest BCUT2D eigenvalue weighted by atomic mass is 9.88. The van der Waals surface area contributed by atoms with Crippen molar-refractivity contribution in [2.75, 3.05) is 5.88 Å². The third kappa shape index (κ3) is 2.29. The Balaban J connectivity index is 2.66. The Hall–Kier alpha value is -0.410. The summed E-state index contributed by atoms with van der Waals surface area (Å²) in [5.74, 6) is 0.564. The van der Waals surface area contributed by atoms with E-state index in [2.05, 4.69) is 23.1 Å². The Morgan fingerprint density at radius 3 is 3.00 bits per heavy atom. The maximum absolute atomic E-state index is 5.81. The molecule has 12 heavy (non-hydrogen) atoms. The number of aromatic nitrogens is 2. The zero-order chi connectivity index (χ0) is 9.03. The first kappa shape index (κ1) is 9.68. The first-order valence-corrected chi connectivity index (χ1v) is 5.03. The van der Waals surface area contributed by atoms with E-state index < -0.39 is 0 Å². The lowest BCUT2D eigenvalue weighted by molar-refractivity contribution is 0.479. The van der Waals surface area contributed by atoms with E-state index in [4.69, 9.17) is 11.6 Å². The van der Waals surface area contributed by atoms with Gasteiger partial charge in [0.25, 0.3) is 0 Å². The van der Waals surface area contributed by atoms with Gasteiger partial charge in [0.2, 0.25) is 0 Å². The van der Waals surface area contributed by atoms with Gasteiger partial charge in [-0.05, 0) is 11.5 Å². The zero-order valence-electron chi connectivity index (χ0n) is 6.96. The van der Waals surface area contributed by atoms with E-state index >= 15 is 0 Å². The molecule has 2 nitrogen and oxygen atoms in total. The average molecular weight is 203 g/mol. The second-order valence-electron chi connectivity index (χ2n) is 3.06. The molecule has 4 heteroatoms. The molecular weight excluding hydrogens is 192 g/mol. The number of hydrogen-bond acceptors (Lipinski definition) is 3. The van der Waals surface area contributed by atoms with E-state index in [1.54, 1.807) is 0 Å². The van der Waals surface area contributed by atoms with Crippen molar-refractivity contribution in [2.45, 2.75) is 13.3 Å². The molecule has 1 aromatic heterocycles. The quantitative estimate of drug-likeness (QED) is 0.554. The van der Waals surface area contributed by atoms with Gasteiger partial charge in [-0.25, -0.2) is 0 Å². The third-order valence-corrected chi connectivity index (χ3v) is 2.95. The number of hydrogen-bond donors (Lipinski definition) is 0. The van der Waals surface area contributed by atoms with Gasteiger partial charge in [0.15, 0.2) is 0 Å². The van der Waals surface area contributed by atoms with Crippen LogP contribution in [0, 0.1) is 5.41 Å². The molecule has 1 unspecified atom stereocenters. The largest absolute Gasteiger partial charge is 0.143 e. The van der Waals surface area contributed by atoms with E-state index in [1.807, 2.05) is 11.5 Å². The van der Waals surface area contributed by atoms with E-state index in [-0.39, 0.29) is 5.41 Å². The van der Waals surface area contributed by atoms with Crippen molar-refractivity contribution in [3.63, 3.8) is 0 Å². The maximum Gasteiger partial charge on any atom is 0.0764 e. The summed E-state index contributed by atoms with van der Waals surface area (Å²) in [7, 11) is 0. The Bertz CT molecular complexity index is 248. The highest BCUT2D eigenvalue weighted by Gasteiger charge is 2.20. The molecule has 0 amide bonds. The van der Waals surface area contributed by atoms with Gasteiger partial charge in [0.05, 0.1) is 5.69 Å². The van der Waals surface area contributed by atoms with Gasteiger partial charge in [0, 0.05) is 23.1 Å². The summed E-state index contributed by atoms with van der Waals surface area (Å²) < 4.78 is 3.79. The molecule has 0 bridgehead atoms. The third-order valence-electron chi connectivity index (χ3n) is 1.79. The summed E-state index contributed by atoms with van der Waals surface area (Å²) in [6, 6.07) is 0. The van der Waals surface area contributed by atoms with Crippen LogP contribution < -0.4 is 0 Å².